The second-order valence-corrected chi connectivity index (χ2v) is 14.1. The SMILES string of the molecule is CCc1cc(C(C)C)c(-c2ccccc2P(C2CCCCC2)C2CCCCC2)c(C(C)C)c1. The van der Waals surface area contributed by atoms with Crippen LogP contribution in [0.4, 0.5) is 0 Å². The van der Waals surface area contributed by atoms with Crippen LogP contribution in [0.3, 0.4) is 0 Å². The molecule has 0 aromatic heterocycles. The first-order valence-corrected chi connectivity index (χ1v) is 15.5. The van der Waals surface area contributed by atoms with Gasteiger partial charge in [-0.3, -0.25) is 0 Å². The molecule has 0 atom stereocenters. The van der Waals surface area contributed by atoms with Crippen molar-refractivity contribution < 1.29 is 0 Å². The van der Waals surface area contributed by atoms with Gasteiger partial charge in [-0.25, -0.2) is 0 Å². The van der Waals surface area contributed by atoms with E-state index in [1.807, 2.05) is 0 Å². The van der Waals surface area contributed by atoms with E-state index >= 15 is 0 Å². The van der Waals surface area contributed by atoms with Crippen molar-refractivity contribution in [3.05, 3.63) is 53.1 Å². The molecule has 0 spiro atoms. The lowest BCUT2D eigenvalue weighted by Crippen LogP contribution is -2.27. The van der Waals surface area contributed by atoms with Crippen LogP contribution in [-0.2, 0) is 6.42 Å². The minimum atomic E-state index is -0.111. The van der Waals surface area contributed by atoms with Gasteiger partial charge < -0.3 is 0 Å². The molecule has 0 N–H and O–H groups in total. The number of hydrogen-bond acceptors (Lipinski definition) is 0. The van der Waals surface area contributed by atoms with Gasteiger partial charge in [0.15, 0.2) is 0 Å². The predicted octanol–water partition coefficient (Wildman–Crippen LogP) is 9.94. The van der Waals surface area contributed by atoms with Crippen LogP contribution in [0.25, 0.3) is 11.1 Å². The molecule has 0 aliphatic heterocycles. The van der Waals surface area contributed by atoms with Gasteiger partial charge >= 0.3 is 0 Å². The molecule has 0 amide bonds. The lowest BCUT2D eigenvalue weighted by atomic mass is 9.83. The summed E-state index contributed by atoms with van der Waals surface area (Å²) in [6.07, 6.45) is 15.8. The minimum Gasteiger partial charge on any atom is -0.0683 e. The maximum Gasteiger partial charge on any atom is -0.0101 e. The fourth-order valence-corrected chi connectivity index (χ4v) is 10.4. The summed E-state index contributed by atoms with van der Waals surface area (Å²) in [4.78, 5) is 0. The third-order valence-corrected chi connectivity index (χ3v) is 11.9. The normalized spacial score (nSPS) is 18.5. The molecule has 4 rings (SSSR count). The summed E-state index contributed by atoms with van der Waals surface area (Å²) in [5, 5.41) is 1.75. The maximum atomic E-state index is 2.56. The van der Waals surface area contributed by atoms with Crippen molar-refractivity contribution >= 4 is 13.2 Å². The average molecular weight is 463 g/mol. The van der Waals surface area contributed by atoms with Crippen molar-refractivity contribution in [2.45, 2.75) is 128 Å². The summed E-state index contributed by atoms with van der Waals surface area (Å²) in [7, 11) is -0.111. The molecule has 0 bridgehead atoms. The summed E-state index contributed by atoms with van der Waals surface area (Å²) in [6.45, 7) is 11.9. The van der Waals surface area contributed by atoms with Crippen molar-refractivity contribution in [3.8, 4) is 11.1 Å². The standard InChI is InChI=1S/C32H47P/c1-6-25-21-29(23(2)3)32(30(22-25)24(4)5)28-19-13-14-20-31(28)33(26-15-9-7-10-16-26)27-17-11-8-12-18-27/h13-14,19-24,26-27H,6-12,15-18H2,1-5H3. The van der Waals surface area contributed by atoms with Crippen molar-refractivity contribution in [1.29, 1.82) is 0 Å². The number of aryl methyl sites for hydroxylation is 1. The van der Waals surface area contributed by atoms with Gasteiger partial charge in [-0.15, -0.1) is 0 Å². The summed E-state index contributed by atoms with van der Waals surface area (Å²) in [5.74, 6) is 1.10. The van der Waals surface area contributed by atoms with Crippen LogP contribution in [-0.4, -0.2) is 11.3 Å². The van der Waals surface area contributed by atoms with Crippen LogP contribution in [0, 0.1) is 0 Å². The molecule has 0 nitrogen and oxygen atoms in total. The van der Waals surface area contributed by atoms with Gasteiger partial charge in [0.2, 0.25) is 0 Å². The molecule has 2 fully saturated rings. The van der Waals surface area contributed by atoms with E-state index in [0.29, 0.717) is 11.8 Å². The van der Waals surface area contributed by atoms with E-state index < -0.39 is 0 Å². The van der Waals surface area contributed by atoms with Crippen LogP contribution in [0.15, 0.2) is 36.4 Å². The monoisotopic (exact) mass is 462 g/mol. The van der Waals surface area contributed by atoms with Crippen molar-refractivity contribution in [2.75, 3.05) is 0 Å². The highest BCUT2D eigenvalue weighted by molar-refractivity contribution is 7.67. The Morgan fingerprint density at radius 2 is 1.21 bits per heavy atom. The molecule has 0 heterocycles. The number of rotatable bonds is 7. The second-order valence-electron chi connectivity index (χ2n) is 11.3. The molecule has 2 saturated carbocycles. The maximum absolute atomic E-state index is 2.56. The smallest absolute Gasteiger partial charge is 0.0101 e. The summed E-state index contributed by atoms with van der Waals surface area (Å²) in [6, 6.07) is 14.8. The van der Waals surface area contributed by atoms with Crippen molar-refractivity contribution in [2.24, 2.45) is 0 Å². The van der Waals surface area contributed by atoms with Crippen LogP contribution < -0.4 is 5.30 Å². The van der Waals surface area contributed by atoms with Gasteiger partial charge in [-0.1, -0.05) is 117 Å². The molecule has 1 heteroatoms. The predicted molar refractivity (Wildman–Crippen MR) is 150 cm³/mol. The average Bonchev–Trinajstić information content (AvgIpc) is 2.85. The van der Waals surface area contributed by atoms with E-state index in [0.717, 1.165) is 17.7 Å². The Kier molecular flexibility index (Phi) is 8.73. The molecular formula is C32H47P. The molecule has 2 aliphatic carbocycles. The highest BCUT2D eigenvalue weighted by Crippen LogP contribution is 2.56. The zero-order valence-corrected chi connectivity index (χ0v) is 22.9. The minimum absolute atomic E-state index is 0.111. The summed E-state index contributed by atoms with van der Waals surface area (Å²) < 4.78 is 0. The van der Waals surface area contributed by atoms with Gasteiger partial charge in [-0.2, -0.15) is 0 Å². The van der Waals surface area contributed by atoms with Crippen LogP contribution >= 0.6 is 7.92 Å². The molecule has 2 aromatic rings. The number of benzene rings is 2. The van der Waals surface area contributed by atoms with Crippen LogP contribution in [0.5, 0.6) is 0 Å². The molecule has 0 radical (unpaired) electrons. The molecule has 33 heavy (non-hydrogen) atoms. The fourth-order valence-electron chi connectivity index (χ4n) is 6.50. The van der Waals surface area contributed by atoms with Gasteiger partial charge in [0.1, 0.15) is 0 Å². The highest BCUT2D eigenvalue weighted by Gasteiger charge is 2.34. The van der Waals surface area contributed by atoms with Gasteiger partial charge in [-0.05, 0) is 88.4 Å². The second kappa shape index (κ2) is 11.5. The van der Waals surface area contributed by atoms with E-state index in [1.165, 1.54) is 69.8 Å². The highest BCUT2D eigenvalue weighted by atomic mass is 31.1. The topological polar surface area (TPSA) is 0 Å². The third kappa shape index (κ3) is 5.59. The van der Waals surface area contributed by atoms with E-state index in [1.54, 1.807) is 27.6 Å². The van der Waals surface area contributed by atoms with E-state index in [2.05, 4.69) is 71.0 Å². The lowest BCUT2D eigenvalue weighted by molar-refractivity contribution is 0.487. The summed E-state index contributed by atoms with van der Waals surface area (Å²) >= 11 is 0. The zero-order valence-electron chi connectivity index (χ0n) is 22.0. The van der Waals surface area contributed by atoms with E-state index in [-0.39, 0.29) is 7.92 Å². The molecule has 0 saturated heterocycles. The Morgan fingerprint density at radius 1 is 0.727 bits per heavy atom. The quantitative estimate of drug-likeness (QED) is 0.359. The first-order valence-electron chi connectivity index (χ1n) is 14.1. The molecule has 2 aromatic carbocycles. The first kappa shape index (κ1) is 25.0. The Hall–Kier alpha value is -1.13. The molecule has 0 unspecified atom stereocenters. The molecule has 180 valence electrons. The molecular weight excluding hydrogens is 415 g/mol. The van der Waals surface area contributed by atoms with Gasteiger partial charge in [0.05, 0.1) is 0 Å². The Morgan fingerprint density at radius 3 is 1.67 bits per heavy atom. The van der Waals surface area contributed by atoms with Crippen molar-refractivity contribution in [1.82, 2.24) is 0 Å². The van der Waals surface area contributed by atoms with Crippen LogP contribution in [0.2, 0.25) is 0 Å². The van der Waals surface area contributed by atoms with Crippen LogP contribution in [0.1, 0.15) is 127 Å². The third-order valence-electron chi connectivity index (χ3n) is 8.30. The lowest BCUT2D eigenvalue weighted by Gasteiger charge is -2.40. The van der Waals surface area contributed by atoms with Gasteiger partial charge in [0, 0.05) is 0 Å². The number of hydrogen-bond donors (Lipinski definition) is 0. The zero-order chi connectivity index (χ0) is 23.4. The Bertz CT molecular complexity index is 849. The Labute approximate surface area is 205 Å². The molecule has 2 aliphatic rings. The van der Waals surface area contributed by atoms with Crippen molar-refractivity contribution in [3.63, 3.8) is 0 Å². The fraction of sp³-hybridized carbons (Fsp3) is 0.625. The summed E-state index contributed by atoms with van der Waals surface area (Å²) in [5.41, 5.74) is 9.73. The van der Waals surface area contributed by atoms with E-state index in [4.69, 9.17) is 0 Å². The first-order chi connectivity index (χ1) is 16.0. The van der Waals surface area contributed by atoms with E-state index in [9.17, 15) is 0 Å². The Balaban J connectivity index is 1.90. The largest absolute Gasteiger partial charge is 0.0683 e. The van der Waals surface area contributed by atoms with Gasteiger partial charge in [0.25, 0.3) is 0 Å².